The van der Waals surface area contributed by atoms with Crippen LogP contribution in [0.5, 0.6) is 0 Å². The minimum Gasteiger partial charge on any atom is -0.326 e. The molecule has 1 saturated carbocycles. The summed E-state index contributed by atoms with van der Waals surface area (Å²) in [4.78, 5) is 50.8. The van der Waals surface area contributed by atoms with E-state index in [-0.39, 0.29) is 29.7 Å². The third-order valence-corrected chi connectivity index (χ3v) is 5.58. The maximum atomic E-state index is 12.9. The van der Waals surface area contributed by atoms with Gasteiger partial charge in [-0.2, -0.15) is 0 Å². The van der Waals surface area contributed by atoms with Gasteiger partial charge in [-0.25, -0.2) is 0 Å². The number of benzene rings is 2. The second kappa shape index (κ2) is 8.10. The smallest absolute Gasteiger partial charge is 0.261 e. The topological polar surface area (TPSA) is 95.6 Å². The number of imide groups is 1. The van der Waals surface area contributed by atoms with Crippen molar-refractivity contribution in [3.63, 3.8) is 0 Å². The van der Waals surface area contributed by atoms with Gasteiger partial charge in [0.05, 0.1) is 11.1 Å². The number of fused-ring (bicyclic) bond motifs is 1. The molecule has 0 spiro atoms. The summed E-state index contributed by atoms with van der Waals surface area (Å²) in [7, 11) is 0. The Hall–Kier alpha value is -3.48. The summed E-state index contributed by atoms with van der Waals surface area (Å²) in [6, 6.07) is 11.3. The maximum absolute atomic E-state index is 12.9. The molecule has 0 unspecified atom stereocenters. The molecule has 1 aliphatic carbocycles. The van der Waals surface area contributed by atoms with Gasteiger partial charge in [0.2, 0.25) is 5.91 Å². The lowest BCUT2D eigenvalue weighted by atomic mass is 9.94. The van der Waals surface area contributed by atoms with E-state index in [0.717, 1.165) is 32.1 Å². The zero-order valence-corrected chi connectivity index (χ0v) is 16.7. The summed E-state index contributed by atoms with van der Waals surface area (Å²) in [6.07, 6.45) is 4.86. The van der Waals surface area contributed by atoms with Gasteiger partial charge in [0.1, 0.15) is 0 Å². The molecule has 0 aromatic heterocycles. The highest BCUT2D eigenvalue weighted by molar-refractivity contribution is 6.22. The van der Waals surface area contributed by atoms with Crippen molar-refractivity contribution >= 4 is 35.0 Å². The summed E-state index contributed by atoms with van der Waals surface area (Å²) in [5.41, 5.74) is 2.15. The summed E-state index contributed by atoms with van der Waals surface area (Å²) >= 11 is 0. The quantitative estimate of drug-likeness (QED) is 0.756. The molecule has 30 heavy (non-hydrogen) atoms. The fraction of sp³-hybridized carbons (Fsp3) is 0.304. The molecular formula is C23H23N3O4. The number of carbonyl (C=O) groups is 4. The van der Waals surface area contributed by atoms with Crippen molar-refractivity contribution in [1.29, 1.82) is 0 Å². The van der Waals surface area contributed by atoms with Gasteiger partial charge in [-0.3, -0.25) is 24.1 Å². The number of carbonyl (C=O) groups excluding carboxylic acids is 4. The Kier molecular flexibility index (Phi) is 5.35. The van der Waals surface area contributed by atoms with Crippen LogP contribution in [-0.4, -0.2) is 34.6 Å². The maximum Gasteiger partial charge on any atom is 0.261 e. The van der Waals surface area contributed by atoms with Crippen LogP contribution in [-0.2, 0) is 4.79 Å². The molecule has 2 aromatic rings. The van der Waals surface area contributed by atoms with Crippen molar-refractivity contribution in [3.05, 3.63) is 59.2 Å². The average Bonchev–Trinajstić information content (AvgIpc) is 2.99. The average molecular weight is 405 g/mol. The third-order valence-electron chi connectivity index (χ3n) is 5.58. The van der Waals surface area contributed by atoms with E-state index in [1.165, 1.54) is 17.9 Å². The Labute approximate surface area is 174 Å². The van der Waals surface area contributed by atoms with Gasteiger partial charge in [-0.1, -0.05) is 19.3 Å². The Morgan fingerprint density at radius 1 is 0.833 bits per heavy atom. The van der Waals surface area contributed by atoms with Gasteiger partial charge >= 0.3 is 0 Å². The summed E-state index contributed by atoms with van der Waals surface area (Å²) in [6.45, 7) is 1.42. The van der Waals surface area contributed by atoms with E-state index < -0.39 is 0 Å². The molecule has 4 rings (SSSR count). The molecule has 1 heterocycles. The normalized spacial score (nSPS) is 16.4. The number of anilines is 2. The molecule has 0 saturated heterocycles. The third kappa shape index (κ3) is 3.83. The lowest BCUT2D eigenvalue weighted by Crippen LogP contribution is -2.40. The van der Waals surface area contributed by atoms with Crippen molar-refractivity contribution < 1.29 is 19.2 Å². The van der Waals surface area contributed by atoms with E-state index in [2.05, 4.69) is 10.6 Å². The van der Waals surface area contributed by atoms with Crippen molar-refractivity contribution in [3.8, 4) is 0 Å². The minimum atomic E-state index is -0.374. The number of nitrogens with one attached hydrogen (secondary N) is 2. The van der Waals surface area contributed by atoms with Crippen LogP contribution < -0.4 is 10.6 Å². The van der Waals surface area contributed by atoms with Crippen molar-refractivity contribution in [2.75, 3.05) is 10.6 Å². The molecule has 1 aliphatic heterocycles. The van der Waals surface area contributed by atoms with E-state index in [1.807, 2.05) is 0 Å². The summed E-state index contributed by atoms with van der Waals surface area (Å²) in [5.74, 6) is -1.12. The van der Waals surface area contributed by atoms with E-state index >= 15 is 0 Å². The van der Waals surface area contributed by atoms with E-state index in [9.17, 15) is 19.2 Å². The van der Waals surface area contributed by atoms with Crippen LogP contribution in [0.2, 0.25) is 0 Å². The summed E-state index contributed by atoms with van der Waals surface area (Å²) < 4.78 is 0. The van der Waals surface area contributed by atoms with Crippen molar-refractivity contribution in [1.82, 2.24) is 4.90 Å². The molecule has 0 bridgehead atoms. The van der Waals surface area contributed by atoms with Gasteiger partial charge in [0.15, 0.2) is 0 Å². The fourth-order valence-electron chi connectivity index (χ4n) is 4.11. The number of hydrogen-bond acceptors (Lipinski definition) is 4. The lowest BCUT2D eigenvalue weighted by molar-refractivity contribution is -0.114. The predicted octanol–water partition coefficient (Wildman–Crippen LogP) is 3.83. The van der Waals surface area contributed by atoms with E-state index in [0.29, 0.717) is 28.1 Å². The zero-order chi connectivity index (χ0) is 21.3. The van der Waals surface area contributed by atoms with Crippen LogP contribution in [0.15, 0.2) is 42.5 Å². The summed E-state index contributed by atoms with van der Waals surface area (Å²) in [5, 5.41) is 5.43. The first-order chi connectivity index (χ1) is 14.4. The standard InChI is InChI=1S/C23H23N3O4/c1-14(27)24-16-8-10-17(11-9-16)25-21(28)15-7-12-19-20(13-15)23(30)26(22(19)29)18-5-3-2-4-6-18/h7-13,18H,2-6H2,1H3,(H,24,27)(H,25,28). The monoisotopic (exact) mass is 405 g/mol. The first-order valence-electron chi connectivity index (χ1n) is 10.1. The minimum absolute atomic E-state index is 0.0504. The van der Waals surface area contributed by atoms with Gasteiger partial charge in [-0.05, 0) is 55.3 Å². The number of hydrogen-bond donors (Lipinski definition) is 2. The highest BCUT2D eigenvalue weighted by Crippen LogP contribution is 2.31. The molecule has 0 radical (unpaired) electrons. The lowest BCUT2D eigenvalue weighted by Gasteiger charge is -2.29. The second-order valence-corrected chi connectivity index (χ2v) is 7.75. The van der Waals surface area contributed by atoms with E-state index in [1.54, 1.807) is 36.4 Å². The van der Waals surface area contributed by atoms with Gasteiger partial charge in [-0.15, -0.1) is 0 Å². The number of amides is 4. The molecule has 7 heteroatoms. The van der Waals surface area contributed by atoms with Crippen LogP contribution >= 0.6 is 0 Å². The van der Waals surface area contributed by atoms with E-state index in [4.69, 9.17) is 0 Å². The van der Waals surface area contributed by atoms with Gasteiger partial charge in [0.25, 0.3) is 17.7 Å². The zero-order valence-electron chi connectivity index (χ0n) is 16.7. The van der Waals surface area contributed by atoms with Gasteiger partial charge < -0.3 is 10.6 Å². The molecule has 7 nitrogen and oxygen atoms in total. The highest BCUT2D eigenvalue weighted by Gasteiger charge is 2.40. The van der Waals surface area contributed by atoms with Crippen molar-refractivity contribution in [2.24, 2.45) is 0 Å². The molecule has 2 aromatic carbocycles. The largest absolute Gasteiger partial charge is 0.326 e. The Morgan fingerprint density at radius 2 is 1.43 bits per heavy atom. The molecular weight excluding hydrogens is 382 g/mol. The molecule has 154 valence electrons. The highest BCUT2D eigenvalue weighted by atomic mass is 16.2. The first kappa shape index (κ1) is 19.8. The molecule has 4 amide bonds. The Bertz CT molecular complexity index is 1020. The van der Waals surface area contributed by atoms with Gasteiger partial charge in [0, 0.05) is 29.9 Å². The fourth-order valence-corrected chi connectivity index (χ4v) is 4.11. The van der Waals surface area contributed by atoms with Crippen LogP contribution in [0.4, 0.5) is 11.4 Å². The predicted molar refractivity (Wildman–Crippen MR) is 113 cm³/mol. The Balaban J connectivity index is 1.50. The first-order valence-corrected chi connectivity index (χ1v) is 10.1. The second-order valence-electron chi connectivity index (χ2n) is 7.75. The Morgan fingerprint density at radius 3 is 2.07 bits per heavy atom. The van der Waals surface area contributed by atoms with Crippen LogP contribution in [0.3, 0.4) is 0 Å². The molecule has 0 atom stereocenters. The van der Waals surface area contributed by atoms with Crippen molar-refractivity contribution in [2.45, 2.75) is 45.1 Å². The SMILES string of the molecule is CC(=O)Nc1ccc(NC(=O)c2ccc3c(c2)C(=O)N(C2CCCCC2)C3=O)cc1. The van der Waals surface area contributed by atoms with Crippen LogP contribution in [0.25, 0.3) is 0 Å². The molecule has 2 N–H and O–H groups in total. The van der Waals surface area contributed by atoms with Crippen LogP contribution in [0, 0.1) is 0 Å². The number of nitrogens with zero attached hydrogens (tertiary/aromatic N) is 1. The molecule has 1 fully saturated rings. The van der Waals surface area contributed by atoms with Crippen LogP contribution in [0.1, 0.15) is 70.1 Å². The molecule has 2 aliphatic rings. The number of rotatable bonds is 4.